The number of aromatic nitrogens is 4. The molecule has 0 bridgehead atoms. The van der Waals surface area contributed by atoms with E-state index < -0.39 is 5.60 Å². The fourth-order valence-corrected chi connectivity index (χ4v) is 5.12. The van der Waals surface area contributed by atoms with Crippen molar-refractivity contribution in [1.29, 1.82) is 0 Å². The topological polar surface area (TPSA) is 83.9 Å². The maximum absolute atomic E-state index is 10.3. The van der Waals surface area contributed by atoms with Gasteiger partial charge in [-0.05, 0) is 93.2 Å². The van der Waals surface area contributed by atoms with Gasteiger partial charge in [0, 0.05) is 17.4 Å². The van der Waals surface area contributed by atoms with Gasteiger partial charge in [0.05, 0.1) is 6.61 Å². The molecule has 1 heterocycles. The summed E-state index contributed by atoms with van der Waals surface area (Å²) >= 11 is 0. The van der Waals surface area contributed by atoms with Gasteiger partial charge in [0.1, 0.15) is 11.4 Å². The first-order chi connectivity index (χ1) is 17.4. The van der Waals surface area contributed by atoms with E-state index in [1.807, 2.05) is 0 Å². The van der Waals surface area contributed by atoms with Crippen LogP contribution in [0.4, 0.5) is 0 Å². The number of nitrogens with zero attached hydrogens (tertiary/aromatic N) is 3. The Morgan fingerprint density at radius 2 is 1.75 bits per heavy atom. The normalized spacial score (nSPS) is 14.6. The van der Waals surface area contributed by atoms with Crippen LogP contribution in [0, 0.1) is 25.7 Å². The van der Waals surface area contributed by atoms with Gasteiger partial charge in [0.2, 0.25) is 0 Å². The van der Waals surface area contributed by atoms with Crippen molar-refractivity contribution >= 4 is 0 Å². The van der Waals surface area contributed by atoms with Crippen LogP contribution in [0.1, 0.15) is 92.4 Å². The number of hydrogen-bond acceptors (Lipinski definition) is 5. The summed E-state index contributed by atoms with van der Waals surface area (Å²) in [4.78, 5) is 0. The number of rotatable bonds is 10. The molecule has 1 fully saturated rings. The van der Waals surface area contributed by atoms with E-state index in [1.54, 1.807) is 0 Å². The molecule has 2 aromatic carbocycles. The Bertz CT molecular complexity index is 1220. The highest BCUT2D eigenvalue weighted by molar-refractivity contribution is 5.50. The molecular formula is C30H38N4O2. The van der Waals surface area contributed by atoms with Gasteiger partial charge in [0.15, 0.2) is 5.82 Å². The highest BCUT2D eigenvalue weighted by atomic mass is 16.5. The molecule has 2 N–H and O–H groups in total. The largest absolute Gasteiger partial charge is 0.493 e. The van der Waals surface area contributed by atoms with Crippen LogP contribution >= 0.6 is 0 Å². The highest BCUT2D eigenvalue weighted by Gasteiger charge is 2.33. The summed E-state index contributed by atoms with van der Waals surface area (Å²) in [5.74, 6) is 8.02. The molecule has 1 aromatic heterocycles. The predicted molar refractivity (Wildman–Crippen MR) is 142 cm³/mol. The molecule has 36 heavy (non-hydrogen) atoms. The molecule has 1 aliphatic carbocycles. The number of nitrogens with one attached hydrogen (secondary N) is 1. The SMILES string of the molecule is CCC(CC)(c1ccc(C#CC2(O)CCC2)c(C)c1)c1ccc(OCCCCc2nn[nH]n2)c(C)c1. The smallest absolute Gasteiger partial charge is 0.174 e. The van der Waals surface area contributed by atoms with Gasteiger partial charge < -0.3 is 9.84 Å². The Hall–Kier alpha value is -3.17. The third-order valence-corrected chi connectivity index (χ3v) is 7.77. The lowest BCUT2D eigenvalue weighted by Crippen LogP contribution is -2.34. The van der Waals surface area contributed by atoms with E-state index in [9.17, 15) is 5.11 Å². The summed E-state index contributed by atoms with van der Waals surface area (Å²) in [6, 6.07) is 13.3. The summed E-state index contributed by atoms with van der Waals surface area (Å²) in [5, 5.41) is 24.4. The summed E-state index contributed by atoms with van der Waals surface area (Å²) in [6.07, 6.45) is 7.34. The molecule has 1 aliphatic rings. The van der Waals surface area contributed by atoms with Crippen molar-refractivity contribution in [2.24, 2.45) is 0 Å². The van der Waals surface area contributed by atoms with Crippen molar-refractivity contribution in [2.75, 3.05) is 6.61 Å². The second-order valence-electron chi connectivity index (χ2n) is 10.1. The van der Waals surface area contributed by atoms with Crippen molar-refractivity contribution in [3.63, 3.8) is 0 Å². The Balaban J connectivity index is 1.47. The number of tetrazole rings is 1. The zero-order valence-corrected chi connectivity index (χ0v) is 22.0. The standard InChI is InChI=1S/C30H38N4O2/c1-5-30(6-2,25-12-11-24(22(3)20-25)15-18-29(35)16-9-17-29)26-13-14-27(23(4)21-26)36-19-8-7-10-28-31-33-34-32-28/h11-14,20-21,35H,5-10,16-17,19H2,1-4H3,(H,31,32,33,34). The summed E-state index contributed by atoms with van der Waals surface area (Å²) in [6.45, 7) is 9.45. The number of hydrogen-bond donors (Lipinski definition) is 2. The van der Waals surface area contributed by atoms with Crippen LogP contribution in [-0.4, -0.2) is 37.9 Å². The lowest BCUT2D eigenvalue weighted by molar-refractivity contribution is 0.0240. The van der Waals surface area contributed by atoms with Crippen LogP contribution in [0.3, 0.4) is 0 Å². The van der Waals surface area contributed by atoms with E-state index in [0.29, 0.717) is 6.61 Å². The van der Waals surface area contributed by atoms with E-state index in [4.69, 9.17) is 4.74 Å². The van der Waals surface area contributed by atoms with Crippen LogP contribution in [0.25, 0.3) is 0 Å². The molecule has 6 nitrogen and oxygen atoms in total. The van der Waals surface area contributed by atoms with Crippen molar-refractivity contribution in [3.05, 3.63) is 70.0 Å². The Morgan fingerprint density at radius 1 is 1.03 bits per heavy atom. The molecule has 0 saturated heterocycles. The lowest BCUT2D eigenvalue weighted by atomic mass is 9.70. The summed E-state index contributed by atoms with van der Waals surface area (Å²) in [5.41, 5.74) is 5.09. The van der Waals surface area contributed by atoms with Crippen LogP contribution in [0.2, 0.25) is 0 Å². The number of ether oxygens (including phenoxy) is 1. The van der Waals surface area contributed by atoms with Crippen LogP contribution < -0.4 is 4.74 Å². The highest BCUT2D eigenvalue weighted by Crippen LogP contribution is 2.41. The molecule has 0 atom stereocenters. The summed E-state index contributed by atoms with van der Waals surface area (Å²) < 4.78 is 6.10. The third kappa shape index (κ3) is 5.63. The van der Waals surface area contributed by atoms with E-state index in [2.05, 4.69) is 96.6 Å². The maximum atomic E-state index is 10.3. The van der Waals surface area contributed by atoms with Gasteiger partial charge in [-0.2, -0.15) is 5.21 Å². The van der Waals surface area contributed by atoms with Crippen molar-refractivity contribution in [1.82, 2.24) is 20.6 Å². The molecular weight excluding hydrogens is 448 g/mol. The monoisotopic (exact) mass is 486 g/mol. The quantitative estimate of drug-likeness (QED) is 0.288. The molecule has 3 aromatic rings. The minimum atomic E-state index is -0.780. The second-order valence-corrected chi connectivity index (χ2v) is 10.1. The van der Waals surface area contributed by atoms with Crippen LogP contribution in [-0.2, 0) is 11.8 Å². The first-order valence-corrected chi connectivity index (χ1v) is 13.2. The fourth-order valence-electron chi connectivity index (χ4n) is 5.12. The third-order valence-electron chi connectivity index (χ3n) is 7.77. The van der Waals surface area contributed by atoms with E-state index in [0.717, 1.165) is 79.6 Å². The first kappa shape index (κ1) is 25.9. The first-order valence-electron chi connectivity index (χ1n) is 13.2. The number of benzene rings is 2. The van der Waals surface area contributed by atoms with Gasteiger partial charge in [-0.25, -0.2) is 0 Å². The predicted octanol–water partition coefficient (Wildman–Crippen LogP) is 5.59. The Morgan fingerprint density at radius 3 is 2.33 bits per heavy atom. The zero-order chi connectivity index (χ0) is 25.6. The van der Waals surface area contributed by atoms with Crippen molar-refractivity contribution in [2.45, 2.75) is 90.1 Å². The molecule has 0 spiro atoms. The second kappa shape index (κ2) is 11.3. The molecule has 0 unspecified atom stereocenters. The molecule has 0 aliphatic heterocycles. The van der Waals surface area contributed by atoms with E-state index in [-0.39, 0.29) is 5.41 Å². The Labute approximate surface area is 214 Å². The average Bonchev–Trinajstić information content (AvgIpc) is 3.38. The fraction of sp³-hybridized carbons (Fsp3) is 0.500. The number of aromatic amines is 1. The van der Waals surface area contributed by atoms with Crippen molar-refractivity contribution < 1.29 is 9.84 Å². The number of aryl methyl sites for hydroxylation is 3. The van der Waals surface area contributed by atoms with Gasteiger partial charge >= 0.3 is 0 Å². The molecule has 0 amide bonds. The van der Waals surface area contributed by atoms with Gasteiger partial charge in [-0.15, -0.1) is 10.2 Å². The average molecular weight is 487 g/mol. The summed E-state index contributed by atoms with van der Waals surface area (Å²) in [7, 11) is 0. The molecule has 6 heteroatoms. The number of aliphatic hydroxyl groups is 1. The molecule has 0 radical (unpaired) electrons. The molecule has 1 saturated carbocycles. The van der Waals surface area contributed by atoms with E-state index >= 15 is 0 Å². The van der Waals surface area contributed by atoms with E-state index in [1.165, 1.54) is 11.1 Å². The molecule has 190 valence electrons. The lowest BCUT2D eigenvalue weighted by Gasteiger charge is -2.34. The maximum Gasteiger partial charge on any atom is 0.174 e. The minimum absolute atomic E-state index is 0.0726. The minimum Gasteiger partial charge on any atom is -0.493 e. The van der Waals surface area contributed by atoms with Crippen molar-refractivity contribution in [3.8, 4) is 17.6 Å². The van der Waals surface area contributed by atoms with Gasteiger partial charge in [-0.3, -0.25) is 0 Å². The number of unbranched alkanes of at least 4 members (excludes halogenated alkanes) is 1. The van der Waals surface area contributed by atoms with Gasteiger partial charge in [-0.1, -0.05) is 55.2 Å². The molecule has 4 rings (SSSR count). The number of H-pyrrole nitrogens is 1. The van der Waals surface area contributed by atoms with Crippen LogP contribution in [0.15, 0.2) is 36.4 Å². The van der Waals surface area contributed by atoms with Crippen LogP contribution in [0.5, 0.6) is 5.75 Å². The van der Waals surface area contributed by atoms with Gasteiger partial charge in [0.25, 0.3) is 0 Å². The zero-order valence-electron chi connectivity index (χ0n) is 22.0. The Kier molecular flexibility index (Phi) is 8.11.